The molecule has 0 unspecified atom stereocenters. The molecule has 0 aromatic heterocycles. The second-order valence-electron chi connectivity index (χ2n) is 6.25. The van der Waals surface area contributed by atoms with Crippen LogP contribution in [0.4, 0.5) is 0 Å². The Morgan fingerprint density at radius 1 is 0.857 bits per heavy atom. The first-order chi connectivity index (χ1) is 9.99. The molecule has 0 aromatic carbocycles. The maximum atomic E-state index is 12.0. The lowest BCUT2D eigenvalue weighted by molar-refractivity contribution is -0.138. The zero-order valence-electron chi connectivity index (χ0n) is 14.8. The van der Waals surface area contributed by atoms with Gasteiger partial charge in [-0.05, 0) is 40.2 Å². The third-order valence-electron chi connectivity index (χ3n) is 3.42. The molecule has 0 rings (SSSR count). The Morgan fingerprint density at radius 2 is 1.38 bits per heavy atom. The van der Waals surface area contributed by atoms with E-state index < -0.39 is 0 Å². The van der Waals surface area contributed by atoms with Crippen molar-refractivity contribution < 1.29 is 9.53 Å². The van der Waals surface area contributed by atoms with Gasteiger partial charge in [-0.1, -0.05) is 63.0 Å². The highest BCUT2D eigenvalue weighted by Crippen LogP contribution is 2.12. The van der Waals surface area contributed by atoms with Crippen molar-refractivity contribution >= 4 is 5.97 Å². The zero-order chi connectivity index (χ0) is 16.1. The van der Waals surface area contributed by atoms with E-state index in [4.69, 9.17) is 4.74 Å². The first kappa shape index (κ1) is 19.9. The predicted octanol–water partition coefficient (Wildman–Crippen LogP) is 5.97. The molecule has 0 aliphatic carbocycles. The fourth-order valence-electron chi connectivity index (χ4n) is 2.17. The summed E-state index contributed by atoms with van der Waals surface area (Å²) in [4.78, 5) is 12.0. The van der Waals surface area contributed by atoms with Crippen molar-refractivity contribution in [2.45, 2.75) is 86.0 Å². The highest BCUT2D eigenvalue weighted by atomic mass is 16.5. The van der Waals surface area contributed by atoms with Crippen LogP contribution in [-0.2, 0) is 9.53 Å². The van der Waals surface area contributed by atoms with Gasteiger partial charge >= 0.3 is 5.97 Å². The van der Waals surface area contributed by atoms with E-state index in [0.29, 0.717) is 12.2 Å². The van der Waals surface area contributed by atoms with Gasteiger partial charge in [0.15, 0.2) is 0 Å². The maximum absolute atomic E-state index is 12.0. The van der Waals surface area contributed by atoms with Crippen molar-refractivity contribution in [3.63, 3.8) is 0 Å². The minimum atomic E-state index is -0.181. The predicted molar refractivity (Wildman–Crippen MR) is 91.4 cm³/mol. The number of carbonyl (C=O) groups excluding carboxylic acids is 1. The molecule has 21 heavy (non-hydrogen) atoms. The van der Waals surface area contributed by atoms with E-state index in [-0.39, 0.29) is 5.97 Å². The monoisotopic (exact) mass is 294 g/mol. The van der Waals surface area contributed by atoms with E-state index in [2.05, 4.69) is 6.92 Å². The Labute approximate surface area is 131 Å². The van der Waals surface area contributed by atoms with Crippen LogP contribution >= 0.6 is 0 Å². The number of hydrogen-bond donors (Lipinski definition) is 0. The summed E-state index contributed by atoms with van der Waals surface area (Å²) in [7, 11) is 0. The van der Waals surface area contributed by atoms with Gasteiger partial charge in [-0.25, -0.2) is 4.79 Å². The molecule has 0 aliphatic rings. The molecule has 0 heterocycles. The summed E-state index contributed by atoms with van der Waals surface area (Å²) in [5.74, 6) is -0.181. The van der Waals surface area contributed by atoms with Crippen molar-refractivity contribution in [1.29, 1.82) is 0 Å². The van der Waals surface area contributed by atoms with E-state index >= 15 is 0 Å². The third kappa shape index (κ3) is 11.3. The first-order valence-corrected chi connectivity index (χ1v) is 8.48. The highest BCUT2D eigenvalue weighted by Gasteiger charge is 2.09. The van der Waals surface area contributed by atoms with Crippen LogP contribution in [-0.4, -0.2) is 12.6 Å². The Morgan fingerprint density at radius 3 is 1.86 bits per heavy atom. The molecule has 0 saturated carbocycles. The molecule has 0 aromatic rings. The summed E-state index contributed by atoms with van der Waals surface area (Å²) in [5, 5.41) is 0. The molecular formula is C19H34O2. The SMILES string of the molecule is CCCCCCCCCCOC(=O)C(C=C(C)C)=C(C)C. The summed E-state index contributed by atoms with van der Waals surface area (Å²) < 4.78 is 5.37. The third-order valence-corrected chi connectivity index (χ3v) is 3.42. The number of esters is 1. The van der Waals surface area contributed by atoms with Crippen LogP contribution in [0.25, 0.3) is 0 Å². The van der Waals surface area contributed by atoms with E-state index in [1.54, 1.807) is 0 Å². The van der Waals surface area contributed by atoms with Crippen molar-refractivity contribution in [1.82, 2.24) is 0 Å². The summed E-state index contributed by atoms with van der Waals surface area (Å²) in [6.07, 6.45) is 12.0. The fourth-order valence-corrected chi connectivity index (χ4v) is 2.17. The molecule has 0 radical (unpaired) electrons. The molecule has 0 aliphatic heterocycles. The molecule has 0 amide bonds. The summed E-state index contributed by atoms with van der Waals surface area (Å²) >= 11 is 0. The molecule has 0 N–H and O–H groups in total. The number of rotatable bonds is 11. The fraction of sp³-hybridized carbons (Fsp3) is 0.737. The van der Waals surface area contributed by atoms with Crippen molar-refractivity contribution in [3.8, 4) is 0 Å². The quantitative estimate of drug-likeness (QED) is 0.203. The average molecular weight is 294 g/mol. The Hall–Kier alpha value is -1.05. The number of ether oxygens (including phenoxy) is 1. The van der Waals surface area contributed by atoms with Crippen molar-refractivity contribution in [2.75, 3.05) is 6.61 Å². The van der Waals surface area contributed by atoms with Gasteiger partial charge in [-0.3, -0.25) is 0 Å². The molecular weight excluding hydrogens is 260 g/mol. The van der Waals surface area contributed by atoms with Gasteiger partial charge < -0.3 is 4.74 Å². The Bertz CT molecular complexity index is 343. The number of carbonyl (C=O) groups is 1. The van der Waals surface area contributed by atoms with Crippen LogP contribution in [0.3, 0.4) is 0 Å². The molecule has 0 fully saturated rings. The van der Waals surface area contributed by atoms with E-state index in [9.17, 15) is 4.79 Å². The molecule has 0 saturated heterocycles. The van der Waals surface area contributed by atoms with Gasteiger partial charge in [0.1, 0.15) is 0 Å². The topological polar surface area (TPSA) is 26.3 Å². The largest absolute Gasteiger partial charge is 0.462 e. The molecule has 2 heteroatoms. The summed E-state index contributed by atoms with van der Waals surface area (Å²) in [5.41, 5.74) is 2.84. The van der Waals surface area contributed by atoms with Gasteiger partial charge in [0.05, 0.1) is 12.2 Å². The minimum Gasteiger partial charge on any atom is -0.462 e. The van der Waals surface area contributed by atoms with Crippen LogP contribution in [0.15, 0.2) is 22.8 Å². The first-order valence-electron chi connectivity index (χ1n) is 8.48. The Kier molecular flexibility index (Phi) is 12.0. The lowest BCUT2D eigenvalue weighted by atomic mass is 10.1. The lowest BCUT2D eigenvalue weighted by Gasteiger charge is -2.08. The molecule has 0 atom stereocenters. The second kappa shape index (κ2) is 12.7. The molecule has 0 bridgehead atoms. The van der Waals surface area contributed by atoms with Crippen LogP contribution in [0, 0.1) is 0 Å². The Balaban J connectivity index is 3.79. The van der Waals surface area contributed by atoms with E-state index in [1.165, 1.54) is 38.5 Å². The van der Waals surface area contributed by atoms with Crippen molar-refractivity contribution in [2.24, 2.45) is 0 Å². The number of hydrogen-bond acceptors (Lipinski definition) is 2. The second-order valence-corrected chi connectivity index (χ2v) is 6.25. The van der Waals surface area contributed by atoms with Crippen LogP contribution in [0.1, 0.15) is 86.0 Å². The standard InChI is InChI=1S/C19H34O2/c1-6-7-8-9-10-11-12-13-14-21-19(20)18(17(4)5)15-16(2)3/h15H,6-14H2,1-5H3. The number of unbranched alkanes of at least 4 members (excludes halogenated alkanes) is 7. The number of allylic oxidation sites excluding steroid dienone is 2. The minimum absolute atomic E-state index is 0.181. The van der Waals surface area contributed by atoms with Gasteiger partial charge in [-0.2, -0.15) is 0 Å². The van der Waals surface area contributed by atoms with Crippen LogP contribution in [0.2, 0.25) is 0 Å². The highest BCUT2D eigenvalue weighted by molar-refractivity contribution is 5.92. The summed E-state index contributed by atoms with van der Waals surface area (Å²) in [6.45, 7) is 10.7. The molecule has 2 nitrogen and oxygen atoms in total. The molecule has 122 valence electrons. The van der Waals surface area contributed by atoms with E-state index in [0.717, 1.165) is 24.0 Å². The van der Waals surface area contributed by atoms with Gasteiger partial charge in [0.25, 0.3) is 0 Å². The van der Waals surface area contributed by atoms with Crippen LogP contribution < -0.4 is 0 Å². The van der Waals surface area contributed by atoms with Gasteiger partial charge in [0, 0.05) is 0 Å². The van der Waals surface area contributed by atoms with Gasteiger partial charge in [0.2, 0.25) is 0 Å². The average Bonchev–Trinajstić information content (AvgIpc) is 2.42. The normalized spacial score (nSPS) is 10.1. The molecule has 0 spiro atoms. The summed E-state index contributed by atoms with van der Waals surface area (Å²) in [6, 6.07) is 0. The van der Waals surface area contributed by atoms with Crippen molar-refractivity contribution in [3.05, 3.63) is 22.8 Å². The lowest BCUT2D eigenvalue weighted by Crippen LogP contribution is -2.09. The smallest absolute Gasteiger partial charge is 0.338 e. The van der Waals surface area contributed by atoms with Gasteiger partial charge in [-0.15, -0.1) is 0 Å². The maximum Gasteiger partial charge on any atom is 0.338 e. The van der Waals surface area contributed by atoms with E-state index in [1.807, 2.05) is 33.8 Å². The van der Waals surface area contributed by atoms with Crippen LogP contribution in [0.5, 0.6) is 0 Å². The zero-order valence-corrected chi connectivity index (χ0v) is 14.8.